The minimum absolute atomic E-state index is 0.324. The van der Waals surface area contributed by atoms with Gasteiger partial charge in [0.15, 0.2) is 0 Å². The van der Waals surface area contributed by atoms with Crippen molar-refractivity contribution in [1.82, 2.24) is 0 Å². The van der Waals surface area contributed by atoms with Crippen LogP contribution in [0.3, 0.4) is 0 Å². The molecule has 1 aromatic carbocycles. The van der Waals surface area contributed by atoms with Gasteiger partial charge in [0.2, 0.25) is 0 Å². The van der Waals surface area contributed by atoms with Crippen LogP contribution in [0.25, 0.3) is 0 Å². The number of halogens is 1. The second-order valence-electron chi connectivity index (χ2n) is 5.28. The number of ether oxygens (including phenoxy) is 1. The summed E-state index contributed by atoms with van der Waals surface area (Å²) in [7, 11) is 0. The summed E-state index contributed by atoms with van der Waals surface area (Å²) in [4.78, 5) is 0.327. The van der Waals surface area contributed by atoms with E-state index in [4.69, 9.17) is 4.74 Å². The van der Waals surface area contributed by atoms with E-state index in [2.05, 4.69) is 55.8 Å². The summed E-state index contributed by atoms with van der Waals surface area (Å²) in [5, 5.41) is 0. The van der Waals surface area contributed by atoms with Gasteiger partial charge in [0.05, 0.1) is 17.0 Å². The van der Waals surface area contributed by atoms with Gasteiger partial charge in [-0.2, -0.15) is 0 Å². The first-order valence-electron chi connectivity index (χ1n) is 6.36. The smallest absolute Gasteiger partial charge is 0.0745 e. The second-order valence-corrected chi connectivity index (χ2v) is 6.26. The van der Waals surface area contributed by atoms with Crippen molar-refractivity contribution in [3.63, 3.8) is 0 Å². The predicted molar refractivity (Wildman–Crippen MR) is 75.9 cm³/mol. The van der Waals surface area contributed by atoms with Crippen molar-refractivity contribution in [3.8, 4) is 0 Å². The third kappa shape index (κ3) is 2.74. The number of aryl methyl sites for hydroxylation is 3. The highest BCUT2D eigenvalue weighted by molar-refractivity contribution is 9.09. The molecule has 1 nitrogen and oxygen atoms in total. The third-order valence-electron chi connectivity index (χ3n) is 3.61. The summed E-state index contributed by atoms with van der Waals surface area (Å²) in [6.07, 6.45) is 3.07. The highest BCUT2D eigenvalue weighted by Crippen LogP contribution is 2.39. The molecule has 3 unspecified atom stereocenters. The van der Waals surface area contributed by atoms with Crippen molar-refractivity contribution in [2.75, 3.05) is 0 Å². The van der Waals surface area contributed by atoms with E-state index in [1.165, 1.54) is 28.7 Å². The average molecular weight is 297 g/mol. The lowest BCUT2D eigenvalue weighted by molar-refractivity contribution is 0.0555. The number of rotatable bonds is 2. The van der Waals surface area contributed by atoms with Gasteiger partial charge in [-0.15, -0.1) is 0 Å². The van der Waals surface area contributed by atoms with Crippen LogP contribution in [0.4, 0.5) is 0 Å². The van der Waals surface area contributed by atoms with Gasteiger partial charge >= 0.3 is 0 Å². The molecule has 1 heterocycles. The molecule has 0 N–H and O–H groups in total. The molecule has 0 bridgehead atoms. The van der Waals surface area contributed by atoms with Gasteiger partial charge in [-0.1, -0.05) is 33.6 Å². The van der Waals surface area contributed by atoms with Crippen molar-refractivity contribution >= 4 is 15.9 Å². The Labute approximate surface area is 113 Å². The zero-order valence-electron chi connectivity index (χ0n) is 11.1. The number of benzene rings is 1. The van der Waals surface area contributed by atoms with E-state index in [1.54, 1.807) is 0 Å². The first kappa shape index (κ1) is 13.1. The molecule has 1 aliphatic rings. The van der Waals surface area contributed by atoms with Crippen LogP contribution in [0.1, 0.15) is 46.8 Å². The summed E-state index contributed by atoms with van der Waals surface area (Å²) >= 11 is 3.84. The molecular weight excluding hydrogens is 276 g/mol. The van der Waals surface area contributed by atoms with Crippen molar-refractivity contribution in [3.05, 3.63) is 34.4 Å². The molecule has 1 aliphatic heterocycles. The molecule has 0 aliphatic carbocycles. The maximum atomic E-state index is 5.97. The molecule has 0 amide bonds. The second kappa shape index (κ2) is 5.11. The summed E-state index contributed by atoms with van der Waals surface area (Å²) in [6.45, 7) is 8.71. The zero-order chi connectivity index (χ0) is 12.6. The van der Waals surface area contributed by atoms with Gasteiger partial charge in [-0.3, -0.25) is 0 Å². The molecule has 0 saturated carbocycles. The minimum Gasteiger partial charge on any atom is -0.374 e. The Morgan fingerprint density at radius 2 is 1.76 bits per heavy atom. The van der Waals surface area contributed by atoms with E-state index < -0.39 is 0 Å². The van der Waals surface area contributed by atoms with Crippen LogP contribution in [0.2, 0.25) is 0 Å². The summed E-state index contributed by atoms with van der Waals surface area (Å²) < 4.78 is 5.97. The predicted octanol–water partition coefficient (Wildman–Crippen LogP) is 4.62. The van der Waals surface area contributed by atoms with Gasteiger partial charge in [-0.25, -0.2) is 0 Å². The lowest BCUT2D eigenvalue weighted by Gasteiger charge is -2.22. The fourth-order valence-electron chi connectivity index (χ4n) is 2.86. The normalized spacial score (nSPS) is 26.2. The maximum Gasteiger partial charge on any atom is 0.0745 e. The molecule has 1 aromatic rings. The Hall–Kier alpha value is -0.340. The van der Waals surface area contributed by atoms with Crippen LogP contribution in [0.5, 0.6) is 0 Å². The van der Waals surface area contributed by atoms with Gasteiger partial charge in [-0.05, 0) is 57.2 Å². The molecular formula is C15H21BrO. The fourth-order valence-corrected chi connectivity index (χ4v) is 3.97. The lowest BCUT2D eigenvalue weighted by Crippen LogP contribution is -2.16. The Bertz CT molecular complexity index is 390. The van der Waals surface area contributed by atoms with Crippen LogP contribution in [-0.4, -0.2) is 12.2 Å². The van der Waals surface area contributed by atoms with E-state index in [0.717, 1.165) is 6.42 Å². The molecule has 3 atom stereocenters. The molecule has 1 saturated heterocycles. The number of hydrogen-bond acceptors (Lipinski definition) is 1. The lowest BCUT2D eigenvalue weighted by atomic mass is 9.94. The maximum absolute atomic E-state index is 5.97. The summed E-state index contributed by atoms with van der Waals surface area (Å²) in [6, 6.07) is 4.52. The molecule has 2 rings (SSSR count). The van der Waals surface area contributed by atoms with Gasteiger partial charge < -0.3 is 4.74 Å². The molecule has 0 aromatic heterocycles. The first-order chi connectivity index (χ1) is 7.99. The van der Waals surface area contributed by atoms with Crippen LogP contribution in [0.15, 0.2) is 12.1 Å². The van der Waals surface area contributed by atoms with Crippen molar-refractivity contribution in [2.24, 2.45) is 0 Å². The van der Waals surface area contributed by atoms with Crippen molar-refractivity contribution in [1.29, 1.82) is 0 Å². The summed E-state index contributed by atoms with van der Waals surface area (Å²) in [5.74, 6) is 0. The molecule has 1 fully saturated rings. The van der Waals surface area contributed by atoms with E-state index in [0.29, 0.717) is 17.0 Å². The van der Waals surface area contributed by atoms with E-state index in [9.17, 15) is 0 Å². The Morgan fingerprint density at radius 1 is 1.18 bits per heavy atom. The van der Waals surface area contributed by atoms with E-state index in [-0.39, 0.29) is 0 Å². The SMILES string of the molecule is Cc1cc(C)c(C(Br)C2CCC(C)O2)c(C)c1. The zero-order valence-corrected chi connectivity index (χ0v) is 12.7. The Kier molecular flexibility index (Phi) is 3.94. The van der Waals surface area contributed by atoms with Crippen LogP contribution in [0, 0.1) is 20.8 Å². The molecule has 0 spiro atoms. The molecule has 94 valence electrons. The van der Waals surface area contributed by atoms with Crippen molar-refractivity contribution in [2.45, 2.75) is 57.6 Å². The number of hydrogen-bond donors (Lipinski definition) is 0. The molecule has 2 heteroatoms. The van der Waals surface area contributed by atoms with Crippen LogP contribution >= 0.6 is 15.9 Å². The molecule has 0 radical (unpaired) electrons. The first-order valence-corrected chi connectivity index (χ1v) is 7.28. The van der Waals surface area contributed by atoms with E-state index >= 15 is 0 Å². The monoisotopic (exact) mass is 296 g/mol. The van der Waals surface area contributed by atoms with Gasteiger partial charge in [0.25, 0.3) is 0 Å². The van der Waals surface area contributed by atoms with Crippen LogP contribution in [-0.2, 0) is 4.74 Å². The average Bonchev–Trinajstić information content (AvgIpc) is 2.63. The standard InChI is InChI=1S/C15H21BrO/c1-9-7-10(2)14(11(3)8-9)15(16)13-6-5-12(4)17-13/h7-8,12-13,15H,5-6H2,1-4H3. The van der Waals surface area contributed by atoms with Crippen LogP contribution < -0.4 is 0 Å². The Morgan fingerprint density at radius 3 is 2.24 bits per heavy atom. The van der Waals surface area contributed by atoms with Gasteiger partial charge in [0.1, 0.15) is 0 Å². The largest absolute Gasteiger partial charge is 0.374 e. The minimum atomic E-state index is 0.324. The quantitative estimate of drug-likeness (QED) is 0.724. The highest BCUT2D eigenvalue weighted by atomic mass is 79.9. The van der Waals surface area contributed by atoms with Crippen molar-refractivity contribution < 1.29 is 4.74 Å². The summed E-state index contributed by atoms with van der Waals surface area (Å²) in [5.41, 5.74) is 5.49. The molecule has 17 heavy (non-hydrogen) atoms. The van der Waals surface area contributed by atoms with E-state index in [1.807, 2.05) is 0 Å². The topological polar surface area (TPSA) is 9.23 Å². The highest BCUT2D eigenvalue weighted by Gasteiger charge is 2.30. The Balaban J connectivity index is 2.27. The number of alkyl halides is 1. The fraction of sp³-hybridized carbons (Fsp3) is 0.600. The third-order valence-corrected chi connectivity index (χ3v) is 4.65. The van der Waals surface area contributed by atoms with Gasteiger partial charge in [0, 0.05) is 0 Å².